The van der Waals surface area contributed by atoms with E-state index in [-0.39, 0.29) is 6.10 Å². The van der Waals surface area contributed by atoms with Crippen molar-refractivity contribution in [2.75, 3.05) is 20.0 Å². The molecule has 0 fully saturated rings. The highest BCUT2D eigenvalue weighted by Crippen LogP contribution is 1.89. The molecule has 9 heavy (non-hydrogen) atoms. The summed E-state index contributed by atoms with van der Waals surface area (Å²) in [6, 6.07) is 0. The summed E-state index contributed by atoms with van der Waals surface area (Å²) in [6.07, 6.45) is 0.0453. The molecule has 0 heterocycles. The Hall–Kier alpha value is -0.120. The van der Waals surface area contributed by atoms with E-state index >= 15 is 0 Å². The van der Waals surface area contributed by atoms with E-state index in [9.17, 15) is 5.11 Å². The molecule has 0 spiro atoms. The van der Waals surface area contributed by atoms with Crippen LogP contribution in [0.4, 0.5) is 0 Å². The lowest BCUT2D eigenvalue weighted by Gasteiger charge is -2.09. The monoisotopic (exact) mass is 133 g/mol. The molecule has 0 aliphatic carbocycles. The van der Waals surface area contributed by atoms with Gasteiger partial charge in [0.15, 0.2) is 6.79 Å². The molecule has 3 heteroatoms. The van der Waals surface area contributed by atoms with Crippen molar-refractivity contribution in [3.63, 3.8) is 0 Å². The fourth-order valence-electron chi connectivity index (χ4n) is 0.547. The van der Waals surface area contributed by atoms with Gasteiger partial charge < -0.3 is 9.47 Å². The summed E-state index contributed by atoms with van der Waals surface area (Å²) in [5.41, 5.74) is 0. The molecule has 1 radical (unpaired) electrons. The molecule has 0 N–H and O–H groups in total. The zero-order valence-electron chi connectivity index (χ0n) is 5.92. The number of hydrogen-bond acceptors (Lipinski definition) is 2. The Morgan fingerprint density at radius 2 is 2.22 bits per heavy atom. The molecule has 0 aromatic rings. The fraction of sp³-hybridized carbons (Fsp3) is 1.00. The van der Waals surface area contributed by atoms with Gasteiger partial charge in [0.1, 0.15) is 0 Å². The highest BCUT2D eigenvalue weighted by atomic mass is 16.6. The Kier molecular flexibility index (Phi) is 5.93. The van der Waals surface area contributed by atoms with Crippen molar-refractivity contribution < 1.29 is 14.6 Å². The highest BCUT2D eigenvalue weighted by Gasteiger charge is 1.98. The molecule has 1 atom stereocenters. The lowest BCUT2D eigenvalue weighted by atomic mass is 10.4. The summed E-state index contributed by atoms with van der Waals surface area (Å²) < 4.78 is 9.65. The van der Waals surface area contributed by atoms with E-state index in [2.05, 4.69) is 4.74 Å². The van der Waals surface area contributed by atoms with Gasteiger partial charge in [-0.3, -0.25) is 0 Å². The minimum atomic E-state index is -0.475. The first-order chi connectivity index (χ1) is 4.31. The number of hydrogen-bond donors (Lipinski definition) is 0. The van der Waals surface area contributed by atoms with Gasteiger partial charge in [-0.05, 0) is 13.8 Å². The average Bonchev–Trinajstić information content (AvgIpc) is 1.85. The van der Waals surface area contributed by atoms with E-state index < -0.39 is 6.79 Å². The lowest BCUT2D eigenvalue weighted by molar-refractivity contribution is -0.0821. The van der Waals surface area contributed by atoms with E-state index in [1.807, 2.05) is 13.8 Å². The van der Waals surface area contributed by atoms with Crippen molar-refractivity contribution in [3.05, 3.63) is 0 Å². The first kappa shape index (κ1) is 8.88. The van der Waals surface area contributed by atoms with Crippen LogP contribution >= 0.6 is 0 Å². The van der Waals surface area contributed by atoms with Crippen LogP contribution in [0.1, 0.15) is 13.8 Å². The van der Waals surface area contributed by atoms with E-state index in [1.165, 1.54) is 0 Å². The normalized spacial score (nSPS) is 13.7. The molecule has 0 aliphatic heterocycles. The third-order valence-corrected chi connectivity index (χ3v) is 0.887. The van der Waals surface area contributed by atoms with Crippen LogP contribution in [0.5, 0.6) is 0 Å². The van der Waals surface area contributed by atoms with E-state index in [0.717, 1.165) is 0 Å². The molecule has 55 valence electrons. The van der Waals surface area contributed by atoms with Crippen molar-refractivity contribution >= 4 is 0 Å². The van der Waals surface area contributed by atoms with Crippen molar-refractivity contribution in [2.24, 2.45) is 0 Å². The largest absolute Gasteiger partial charge is 0.376 e. The Balaban J connectivity index is 2.95. The van der Waals surface area contributed by atoms with Crippen LogP contribution in [-0.4, -0.2) is 26.1 Å². The van der Waals surface area contributed by atoms with Gasteiger partial charge >= 0.3 is 0 Å². The molecule has 0 aromatic heterocycles. The van der Waals surface area contributed by atoms with Gasteiger partial charge in [0, 0.05) is 6.61 Å². The van der Waals surface area contributed by atoms with Gasteiger partial charge in [0.25, 0.3) is 0 Å². The van der Waals surface area contributed by atoms with Crippen molar-refractivity contribution in [2.45, 2.75) is 20.0 Å². The summed E-state index contributed by atoms with van der Waals surface area (Å²) in [4.78, 5) is 0. The lowest BCUT2D eigenvalue weighted by Crippen LogP contribution is -2.15. The van der Waals surface area contributed by atoms with Crippen LogP contribution in [0, 0.1) is 0 Å². The van der Waals surface area contributed by atoms with Gasteiger partial charge in [-0.15, -0.1) is 0 Å². The molecular formula is C6H13O3. The second-order valence-electron chi connectivity index (χ2n) is 1.75. The third kappa shape index (κ3) is 5.76. The van der Waals surface area contributed by atoms with E-state index in [1.54, 1.807) is 0 Å². The summed E-state index contributed by atoms with van der Waals surface area (Å²) in [6.45, 7) is 4.38. The smallest absolute Gasteiger partial charge is 0.180 e. The standard InChI is InChI=1S/C6H13O3/c1-3-9-6(2)4-8-5-7/h6H,3-5H2,1-2H3. The Morgan fingerprint density at radius 1 is 1.56 bits per heavy atom. The maximum Gasteiger partial charge on any atom is 0.180 e. The maximum atomic E-state index is 9.76. The van der Waals surface area contributed by atoms with Gasteiger partial charge in [0.05, 0.1) is 12.7 Å². The van der Waals surface area contributed by atoms with E-state index in [4.69, 9.17) is 4.74 Å². The number of ether oxygens (including phenoxy) is 2. The predicted molar refractivity (Wildman–Crippen MR) is 32.6 cm³/mol. The maximum absolute atomic E-state index is 9.76. The van der Waals surface area contributed by atoms with Crippen LogP contribution in [0.15, 0.2) is 0 Å². The fourth-order valence-corrected chi connectivity index (χ4v) is 0.547. The van der Waals surface area contributed by atoms with Crippen molar-refractivity contribution in [1.29, 1.82) is 0 Å². The number of rotatable bonds is 5. The zero-order chi connectivity index (χ0) is 7.11. The SMILES string of the molecule is CCOC(C)COC[O]. The van der Waals surface area contributed by atoms with Gasteiger partial charge in [-0.1, -0.05) is 0 Å². The molecular weight excluding hydrogens is 120 g/mol. The first-order valence-electron chi connectivity index (χ1n) is 3.08. The summed E-state index contributed by atoms with van der Waals surface area (Å²) in [5.74, 6) is 0. The summed E-state index contributed by atoms with van der Waals surface area (Å²) in [5, 5.41) is 9.76. The Bertz CT molecular complexity index is 56.3. The van der Waals surface area contributed by atoms with Crippen molar-refractivity contribution in [3.8, 4) is 0 Å². The Labute approximate surface area is 55.6 Å². The summed E-state index contributed by atoms with van der Waals surface area (Å²) >= 11 is 0. The molecule has 0 amide bonds. The molecule has 0 saturated carbocycles. The third-order valence-electron chi connectivity index (χ3n) is 0.887. The second kappa shape index (κ2) is 6.01. The topological polar surface area (TPSA) is 38.4 Å². The molecule has 0 rings (SSSR count). The van der Waals surface area contributed by atoms with Crippen molar-refractivity contribution in [1.82, 2.24) is 0 Å². The predicted octanol–water partition coefficient (Wildman–Crippen LogP) is 0.816. The molecule has 0 aromatic carbocycles. The zero-order valence-corrected chi connectivity index (χ0v) is 5.92. The summed E-state index contributed by atoms with van der Waals surface area (Å²) in [7, 11) is 0. The van der Waals surface area contributed by atoms with Gasteiger partial charge in [0.2, 0.25) is 0 Å². The van der Waals surface area contributed by atoms with Crippen LogP contribution in [0.3, 0.4) is 0 Å². The molecule has 0 saturated heterocycles. The van der Waals surface area contributed by atoms with Gasteiger partial charge in [-0.25, -0.2) is 5.11 Å². The quantitative estimate of drug-likeness (QED) is 0.521. The van der Waals surface area contributed by atoms with Gasteiger partial charge in [-0.2, -0.15) is 0 Å². The van der Waals surface area contributed by atoms with Crippen LogP contribution < -0.4 is 0 Å². The molecule has 3 nitrogen and oxygen atoms in total. The highest BCUT2D eigenvalue weighted by molar-refractivity contribution is 4.43. The van der Waals surface area contributed by atoms with Crippen LogP contribution in [0.2, 0.25) is 0 Å². The first-order valence-corrected chi connectivity index (χ1v) is 3.08. The average molecular weight is 133 g/mol. The second-order valence-corrected chi connectivity index (χ2v) is 1.75. The van der Waals surface area contributed by atoms with E-state index in [0.29, 0.717) is 13.2 Å². The minimum Gasteiger partial charge on any atom is -0.376 e. The van der Waals surface area contributed by atoms with Crippen LogP contribution in [-0.2, 0) is 14.6 Å². The molecule has 0 aliphatic rings. The van der Waals surface area contributed by atoms with Crippen LogP contribution in [0.25, 0.3) is 0 Å². The molecule has 0 bridgehead atoms. The Morgan fingerprint density at radius 3 is 2.67 bits per heavy atom. The minimum absolute atomic E-state index is 0.0453. The molecule has 1 unspecified atom stereocenters.